The number of nitrogens with zero attached hydrogens (tertiary/aromatic N) is 2. The molecule has 160 valence electrons. The van der Waals surface area contributed by atoms with E-state index < -0.39 is 24.5 Å². The van der Waals surface area contributed by atoms with Gasteiger partial charge in [0.05, 0.1) is 41.3 Å². The molecule has 0 bridgehead atoms. The smallest absolute Gasteiger partial charge is 0.337 e. The zero-order chi connectivity index (χ0) is 22.5. The number of hydrogen-bond donors (Lipinski definition) is 1. The van der Waals surface area contributed by atoms with Crippen LogP contribution in [0.15, 0.2) is 36.7 Å². The van der Waals surface area contributed by atoms with Crippen LogP contribution in [0.5, 0.6) is 5.88 Å². The quantitative estimate of drug-likeness (QED) is 0.551. The molecule has 3 aromatic rings. The number of amides is 1. The number of methoxy groups -OCH3 is 2. The maximum absolute atomic E-state index is 12.4. The summed E-state index contributed by atoms with van der Waals surface area (Å²) in [5.41, 5.74) is 0.723. The van der Waals surface area contributed by atoms with E-state index >= 15 is 0 Å². The number of aromatic nitrogens is 2. The Morgan fingerprint density at radius 2 is 1.58 bits per heavy atom. The third-order valence-electron chi connectivity index (χ3n) is 4.02. The Morgan fingerprint density at radius 3 is 2.19 bits per heavy atom. The fourth-order valence-electron chi connectivity index (χ4n) is 2.69. The number of carbonyl (C=O) groups excluding carboxylic acids is 3. The lowest BCUT2D eigenvalue weighted by Crippen LogP contribution is -2.21. The molecule has 0 aliphatic heterocycles. The molecule has 0 unspecified atom stereocenters. The predicted octanol–water partition coefficient (Wildman–Crippen LogP) is 3.53. The van der Waals surface area contributed by atoms with Crippen molar-refractivity contribution in [1.29, 1.82) is 0 Å². The predicted molar refractivity (Wildman–Crippen MR) is 113 cm³/mol. The number of ether oxygens (including phenoxy) is 3. The highest BCUT2D eigenvalue weighted by molar-refractivity contribution is 6.38. The van der Waals surface area contributed by atoms with Gasteiger partial charge in [0.2, 0.25) is 5.88 Å². The number of fused-ring (bicyclic) bond motifs is 1. The van der Waals surface area contributed by atoms with Gasteiger partial charge in [-0.1, -0.05) is 23.2 Å². The SMILES string of the molecule is COC(=O)c1cc(NC(=O)COc2ncnc3c(Cl)cc(Cl)cc23)cc(C(=O)OC)c1. The van der Waals surface area contributed by atoms with Crippen LogP contribution >= 0.6 is 23.2 Å². The molecule has 31 heavy (non-hydrogen) atoms. The zero-order valence-electron chi connectivity index (χ0n) is 16.3. The van der Waals surface area contributed by atoms with Gasteiger partial charge in [0, 0.05) is 10.7 Å². The van der Waals surface area contributed by atoms with Gasteiger partial charge >= 0.3 is 11.9 Å². The van der Waals surface area contributed by atoms with Crippen LogP contribution in [-0.2, 0) is 14.3 Å². The van der Waals surface area contributed by atoms with E-state index in [1.807, 2.05) is 0 Å². The average Bonchev–Trinajstić information content (AvgIpc) is 2.76. The summed E-state index contributed by atoms with van der Waals surface area (Å²) < 4.78 is 14.8. The van der Waals surface area contributed by atoms with Crippen molar-refractivity contribution < 1.29 is 28.6 Å². The van der Waals surface area contributed by atoms with E-state index in [1.54, 1.807) is 6.07 Å². The number of esters is 2. The van der Waals surface area contributed by atoms with E-state index in [2.05, 4.69) is 24.8 Å². The van der Waals surface area contributed by atoms with Crippen molar-refractivity contribution in [3.8, 4) is 5.88 Å². The normalized spacial score (nSPS) is 10.5. The maximum atomic E-state index is 12.4. The Bertz CT molecular complexity index is 1150. The van der Waals surface area contributed by atoms with Crippen molar-refractivity contribution in [3.63, 3.8) is 0 Å². The third kappa shape index (κ3) is 5.19. The van der Waals surface area contributed by atoms with Gasteiger partial charge in [-0.2, -0.15) is 0 Å². The van der Waals surface area contributed by atoms with E-state index in [4.69, 9.17) is 27.9 Å². The number of hydrogen-bond acceptors (Lipinski definition) is 8. The second-order valence-corrected chi connectivity index (χ2v) is 6.93. The molecule has 1 aromatic heterocycles. The first kappa shape index (κ1) is 22.3. The number of carbonyl (C=O) groups is 3. The maximum Gasteiger partial charge on any atom is 0.337 e. The summed E-state index contributed by atoms with van der Waals surface area (Å²) in [5, 5.41) is 3.66. The van der Waals surface area contributed by atoms with Gasteiger partial charge in [-0.25, -0.2) is 19.6 Å². The van der Waals surface area contributed by atoms with Crippen LogP contribution in [0, 0.1) is 0 Å². The van der Waals surface area contributed by atoms with Crippen molar-refractivity contribution in [3.05, 3.63) is 57.8 Å². The van der Waals surface area contributed by atoms with Gasteiger partial charge in [0.15, 0.2) is 6.61 Å². The lowest BCUT2D eigenvalue weighted by atomic mass is 10.1. The Labute approximate surface area is 186 Å². The molecular weight excluding hydrogens is 449 g/mol. The highest BCUT2D eigenvalue weighted by atomic mass is 35.5. The molecule has 1 N–H and O–H groups in total. The third-order valence-corrected chi connectivity index (χ3v) is 4.53. The van der Waals surface area contributed by atoms with Crippen molar-refractivity contribution in [2.45, 2.75) is 0 Å². The summed E-state index contributed by atoms with van der Waals surface area (Å²) in [6.07, 6.45) is 1.25. The van der Waals surface area contributed by atoms with Crippen LogP contribution in [0.25, 0.3) is 10.9 Å². The molecule has 9 nitrogen and oxygen atoms in total. The van der Waals surface area contributed by atoms with Gasteiger partial charge in [0.1, 0.15) is 6.33 Å². The minimum Gasteiger partial charge on any atom is -0.467 e. The highest BCUT2D eigenvalue weighted by Gasteiger charge is 2.16. The number of halogens is 2. The van der Waals surface area contributed by atoms with E-state index in [1.165, 1.54) is 44.8 Å². The van der Waals surface area contributed by atoms with Crippen LogP contribution in [0.2, 0.25) is 10.0 Å². The van der Waals surface area contributed by atoms with Crippen LogP contribution in [-0.4, -0.2) is 48.6 Å². The summed E-state index contributed by atoms with van der Waals surface area (Å²) in [4.78, 5) is 44.2. The first-order valence-electron chi connectivity index (χ1n) is 8.66. The summed E-state index contributed by atoms with van der Waals surface area (Å²) >= 11 is 12.1. The van der Waals surface area contributed by atoms with Gasteiger partial charge < -0.3 is 19.5 Å². The van der Waals surface area contributed by atoms with Crippen molar-refractivity contribution >= 4 is 57.6 Å². The van der Waals surface area contributed by atoms with E-state index in [0.29, 0.717) is 20.9 Å². The van der Waals surface area contributed by atoms with Crippen molar-refractivity contribution in [2.24, 2.45) is 0 Å². The highest BCUT2D eigenvalue weighted by Crippen LogP contribution is 2.30. The molecule has 0 spiro atoms. The Hall–Kier alpha value is -3.43. The first-order chi connectivity index (χ1) is 14.8. The molecule has 0 radical (unpaired) electrons. The Balaban J connectivity index is 1.79. The first-order valence-corrected chi connectivity index (χ1v) is 9.42. The van der Waals surface area contributed by atoms with Gasteiger partial charge in [-0.15, -0.1) is 0 Å². The number of benzene rings is 2. The standard InChI is InChI=1S/C20H15Cl2N3O6/c1-29-19(27)10-3-11(20(28)30-2)5-13(4-10)25-16(26)8-31-18-14-6-12(21)7-15(22)17(14)23-9-24-18/h3-7,9H,8H2,1-2H3,(H,25,26). The molecule has 1 amide bonds. The second-order valence-electron chi connectivity index (χ2n) is 6.08. The van der Waals surface area contributed by atoms with Gasteiger partial charge in [-0.05, 0) is 30.3 Å². The minimum absolute atomic E-state index is 0.0627. The molecule has 11 heteroatoms. The monoisotopic (exact) mass is 463 g/mol. The second kappa shape index (κ2) is 9.59. The number of rotatable bonds is 6. The topological polar surface area (TPSA) is 117 Å². The van der Waals surface area contributed by atoms with Crippen LogP contribution in [0.3, 0.4) is 0 Å². The van der Waals surface area contributed by atoms with Gasteiger partial charge in [0.25, 0.3) is 5.91 Å². The fraction of sp³-hybridized carbons (Fsp3) is 0.150. The van der Waals surface area contributed by atoms with Crippen LogP contribution in [0.4, 0.5) is 5.69 Å². The molecule has 0 aliphatic carbocycles. The van der Waals surface area contributed by atoms with Crippen LogP contribution < -0.4 is 10.1 Å². The molecule has 0 fully saturated rings. The van der Waals surface area contributed by atoms with Gasteiger partial charge in [-0.3, -0.25) is 4.79 Å². The molecule has 2 aromatic carbocycles. The summed E-state index contributed by atoms with van der Waals surface area (Å²) in [6, 6.07) is 7.11. The minimum atomic E-state index is -0.682. The van der Waals surface area contributed by atoms with E-state index in [-0.39, 0.29) is 22.7 Å². The molecular formula is C20H15Cl2N3O6. The number of anilines is 1. The van der Waals surface area contributed by atoms with Crippen LogP contribution in [0.1, 0.15) is 20.7 Å². The fourth-order valence-corrected chi connectivity index (χ4v) is 3.23. The summed E-state index contributed by atoms with van der Waals surface area (Å²) in [7, 11) is 2.40. The molecule has 1 heterocycles. The zero-order valence-corrected chi connectivity index (χ0v) is 17.8. The number of nitrogens with one attached hydrogen (secondary N) is 1. The summed E-state index contributed by atoms with van der Waals surface area (Å²) in [6.45, 7) is -0.424. The van der Waals surface area contributed by atoms with Crippen molar-refractivity contribution in [2.75, 3.05) is 26.1 Å². The molecule has 0 atom stereocenters. The van der Waals surface area contributed by atoms with Crippen molar-refractivity contribution in [1.82, 2.24) is 9.97 Å². The lowest BCUT2D eigenvalue weighted by molar-refractivity contribution is -0.118. The molecule has 3 rings (SSSR count). The Kier molecular flexibility index (Phi) is 6.88. The average molecular weight is 464 g/mol. The van der Waals surface area contributed by atoms with E-state index in [9.17, 15) is 14.4 Å². The lowest BCUT2D eigenvalue weighted by Gasteiger charge is -2.11. The molecule has 0 saturated heterocycles. The summed E-state index contributed by atoms with van der Waals surface area (Å²) in [5.74, 6) is -1.82. The van der Waals surface area contributed by atoms with E-state index in [0.717, 1.165) is 0 Å². The molecule has 0 saturated carbocycles. The largest absolute Gasteiger partial charge is 0.467 e. The molecule has 0 aliphatic rings. The Morgan fingerprint density at radius 1 is 0.935 bits per heavy atom.